The SMILES string of the molecule is Oc1cc(O)cc([C@@H](C2CCC2)N2CCNCC2)c1. The van der Waals surface area contributed by atoms with Crippen LogP contribution in [-0.4, -0.2) is 41.3 Å². The zero-order chi connectivity index (χ0) is 13.2. The molecule has 2 aliphatic rings. The summed E-state index contributed by atoms with van der Waals surface area (Å²) in [6.07, 6.45) is 3.81. The summed E-state index contributed by atoms with van der Waals surface area (Å²) in [6, 6.07) is 5.36. The fraction of sp³-hybridized carbons (Fsp3) is 0.600. The van der Waals surface area contributed by atoms with E-state index >= 15 is 0 Å². The van der Waals surface area contributed by atoms with Crippen LogP contribution >= 0.6 is 0 Å². The first-order chi connectivity index (χ1) is 9.24. The summed E-state index contributed by atoms with van der Waals surface area (Å²) in [4.78, 5) is 2.49. The molecule has 0 unspecified atom stereocenters. The molecule has 1 heterocycles. The molecular weight excluding hydrogens is 240 g/mol. The number of hydrogen-bond acceptors (Lipinski definition) is 4. The van der Waals surface area contributed by atoms with E-state index < -0.39 is 0 Å². The topological polar surface area (TPSA) is 55.7 Å². The first-order valence-electron chi connectivity index (χ1n) is 7.22. The molecule has 1 aromatic carbocycles. The first kappa shape index (κ1) is 12.8. The van der Waals surface area contributed by atoms with Gasteiger partial charge < -0.3 is 15.5 Å². The van der Waals surface area contributed by atoms with Gasteiger partial charge in [-0.25, -0.2) is 0 Å². The van der Waals surface area contributed by atoms with Gasteiger partial charge in [-0.05, 0) is 36.5 Å². The van der Waals surface area contributed by atoms with Gasteiger partial charge >= 0.3 is 0 Å². The van der Waals surface area contributed by atoms with Crippen molar-refractivity contribution in [2.24, 2.45) is 5.92 Å². The van der Waals surface area contributed by atoms with Crippen molar-refractivity contribution in [2.45, 2.75) is 25.3 Å². The van der Waals surface area contributed by atoms with Crippen molar-refractivity contribution in [1.29, 1.82) is 0 Å². The van der Waals surface area contributed by atoms with Gasteiger partial charge in [0.1, 0.15) is 11.5 Å². The number of phenols is 2. The molecule has 4 heteroatoms. The summed E-state index contributed by atoms with van der Waals surface area (Å²) in [5.41, 5.74) is 1.06. The Morgan fingerprint density at radius 1 is 1.05 bits per heavy atom. The van der Waals surface area contributed by atoms with Crippen LogP contribution in [0.1, 0.15) is 30.9 Å². The maximum atomic E-state index is 9.72. The quantitative estimate of drug-likeness (QED) is 0.778. The molecule has 0 bridgehead atoms. The van der Waals surface area contributed by atoms with Crippen LogP contribution in [0, 0.1) is 5.92 Å². The lowest BCUT2D eigenvalue weighted by atomic mass is 9.76. The second kappa shape index (κ2) is 5.39. The summed E-state index contributed by atoms with van der Waals surface area (Å²) >= 11 is 0. The fourth-order valence-corrected chi connectivity index (χ4v) is 3.29. The highest BCUT2D eigenvalue weighted by Crippen LogP contribution is 2.42. The number of phenolic OH excluding ortho intramolecular Hbond substituents is 2. The minimum Gasteiger partial charge on any atom is -0.508 e. The average Bonchev–Trinajstić information content (AvgIpc) is 2.33. The third-order valence-corrected chi connectivity index (χ3v) is 4.41. The molecule has 0 aromatic heterocycles. The van der Waals surface area contributed by atoms with E-state index in [-0.39, 0.29) is 11.5 Å². The maximum absolute atomic E-state index is 9.72. The van der Waals surface area contributed by atoms with Gasteiger partial charge in [-0.15, -0.1) is 0 Å². The number of benzene rings is 1. The van der Waals surface area contributed by atoms with E-state index in [0.717, 1.165) is 31.7 Å². The molecule has 1 aromatic rings. The fourth-order valence-electron chi connectivity index (χ4n) is 3.29. The highest BCUT2D eigenvalue weighted by molar-refractivity contribution is 5.38. The second-order valence-electron chi connectivity index (χ2n) is 5.70. The molecule has 104 valence electrons. The number of rotatable bonds is 3. The summed E-state index contributed by atoms with van der Waals surface area (Å²) in [6.45, 7) is 4.12. The van der Waals surface area contributed by atoms with Crippen LogP contribution in [0.25, 0.3) is 0 Å². The molecule has 19 heavy (non-hydrogen) atoms. The molecule has 1 aliphatic heterocycles. The van der Waals surface area contributed by atoms with Crippen LogP contribution in [0.3, 0.4) is 0 Å². The molecular formula is C15H22N2O2. The Balaban J connectivity index is 1.88. The van der Waals surface area contributed by atoms with Crippen molar-refractivity contribution in [2.75, 3.05) is 26.2 Å². The van der Waals surface area contributed by atoms with Crippen molar-refractivity contribution in [1.82, 2.24) is 10.2 Å². The van der Waals surface area contributed by atoms with Crippen LogP contribution in [0.2, 0.25) is 0 Å². The molecule has 1 atom stereocenters. The van der Waals surface area contributed by atoms with Crippen molar-refractivity contribution in [3.05, 3.63) is 23.8 Å². The molecule has 2 fully saturated rings. The van der Waals surface area contributed by atoms with Gasteiger partial charge in [0.05, 0.1) is 0 Å². The summed E-state index contributed by atoms with van der Waals surface area (Å²) in [5, 5.41) is 22.8. The average molecular weight is 262 g/mol. The zero-order valence-electron chi connectivity index (χ0n) is 11.2. The first-order valence-corrected chi connectivity index (χ1v) is 7.22. The van der Waals surface area contributed by atoms with Crippen LogP contribution in [-0.2, 0) is 0 Å². The molecule has 1 saturated heterocycles. The van der Waals surface area contributed by atoms with Crippen molar-refractivity contribution in [3.63, 3.8) is 0 Å². The highest BCUT2D eigenvalue weighted by Gasteiger charge is 2.33. The van der Waals surface area contributed by atoms with E-state index in [4.69, 9.17) is 0 Å². The van der Waals surface area contributed by atoms with E-state index in [2.05, 4.69) is 10.2 Å². The number of aromatic hydroxyl groups is 2. The third-order valence-electron chi connectivity index (χ3n) is 4.41. The molecule has 1 aliphatic carbocycles. The van der Waals surface area contributed by atoms with E-state index in [1.807, 2.05) is 12.1 Å². The Bertz CT molecular complexity index is 420. The number of piperazine rings is 1. The molecule has 0 radical (unpaired) electrons. The number of nitrogens with one attached hydrogen (secondary N) is 1. The normalized spacial score (nSPS) is 22.9. The summed E-state index contributed by atoms with van der Waals surface area (Å²) < 4.78 is 0. The van der Waals surface area contributed by atoms with Gasteiger partial charge in [-0.3, -0.25) is 4.90 Å². The Morgan fingerprint density at radius 3 is 2.21 bits per heavy atom. The van der Waals surface area contributed by atoms with Gasteiger partial charge in [0.15, 0.2) is 0 Å². The van der Waals surface area contributed by atoms with Crippen molar-refractivity contribution < 1.29 is 10.2 Å². The second-order valence-corrected chi connectivity index (χ2v) is 5.70. The van der Waals surface area contributed by atoms with E-state index in [9.17, 15) is 10.2 Å². The number of hydrogen-bond donors (Lipinski definition) is 3. The van der Waals surface area contributed by atoms with Gasteiger partial charge in [-0.2, -0.15) is 0 Å². The van der Waals surface area contributed by atoms with Crippen LogP contribution in [0.15, 0.2) is 18.2 Å². The monoisotopic (exact) mass is 262 g/mol. The van der Waals surface area contributed by atoms with Crippen LogP contribution < -0.4 is 5.32 Å². The smallest absolute Gasteiger partial charge is 0.119 e. The van der Waals surface area contributed by atoms with E-state index in [1.165, 1.54) is 25.3 Å². The molecule has 3 N–H and O–H groups in total. The van der Waals surface area contributed by atoms with E-state index in [1.54, 1.807) is 0 Å². The molecule has 3 rings (SSSR count). The largest absolute Gasteiger partial charge is 0.508 e. The van der Waals surface area contributed by atoms with Gasteiger partial charge in [0.2, 0.25) is 0 Å². The summed E-state index contributed by atoms with van der Waals surface area (Å²) in [5.74, 6) is 0.989. The predicted octanol–water partition coefficient (Wildman–Crippen LogP) is 1.84. The van der Waals surface area contributed by atoms with Crippen molar-refractivity contribution >= 4 is 0 Å². The minimum absolute atomic E-state index is 0.162. The maximum Gasteiger partial charge on any atom is 0.119 e. The Kier molecular flexibility index (Phi) is 3.62. The van der Waals surface area contributed by atoms with Gasteiger partial charge in [0.25, 0.3) is 0 Å². The lowest BCUT2D eigenvalue weighted by Crippen LogP contribution is -2.47. The predicted molar refractivity (Wildman–Crippen MR) is 74.3 cm³/mol. The molecule has 4 nitrogen and oxygen atoms in total. The van der Waals surface area contributed by atoms with Crippen LogP contribution in [0.5, 0.6) is 11.5 Å². The minimum atomic E-state index is 0.162. The van der Waals surface area contributed by atoms with Crippen molar-refractivity contribution in [3.8, 4) is 11.5 Å². The lowest BCUT2D eigenvalue weighted by molar-refractivity contribution is 0.0834. The lowest BCUT2D eigenvalue weighted by Gasteiger charge is -2.43. The Morgan fingerprint density at radius 2 is 1.68 bits per heavy atom. The highest BCUT2D eigenvalue weighted by atomic mass is 16.3. The standard InChI is InChI=1S/C15H22N2O2/c18-13-8-12(9-14(19)10-13)15(11-2-1-3-11)17-6-4-16-5-7-17/h8-11,15-16,18-19H,1-7H2/t15-/m1/s1. The molecule has 0 amide bonds. The summed E-state index contributed by atoms with van der Waals surface area (Å²) in [7, 11) is 0. The number of nitrogens with zero attached hydrogens (tertiary/aromatic N) is 1. The van der Waals surface area contributed by atoms with Gasteiger partial charge in [0, 0.05) is 38.3 Å². The Hall–Kier alpha value is -1.26. The van der Waals surface area contributed by atoms with Crippen LogP contribution in [0.4, 0.5) is 0 Å². The van der Waals surface area contributed by atoms with E-state index in [0.29, 0.717) is 12.0 Å². The molecule has 1 saturated carbocycles. The Labute approximate surface area is 114 Å². The van der Waals surface area contributed by atoms with Gasteiger partial charge in [-0.1, -0.05) is 6.42 Å². The molecule has 0 spiro atoms. The third kappa shape index (κ3) is 2.69. The zero-order valence-corrected chi connectivity index (χ0v) is 11.2.